The molecule has 0 aromatic carbocycles. The lowest BCUT2D eigenvalue weighted by molar-refractivity contribution is 0.202. The SMILES string of the molecule is C=Cc1nc(CN(C)C2CCCc3cccnc32)n(C)c1C=C.CCC(C)C.CN1CCCCC1. The Kier molecular flexibility index (Phi) is 12.4. The fourth-order valence-electron chi connectivity index (χ4n) is 4.51. The van der Waals surface area contributed by atoms with Gasteiger partial charge in [-0.15, -0.1) is 0 Å². The number of nitrogens with zero attached hydrogens (tertiary/aromatic N) is 5. The third-order valence-corrected chi connectivity index (χ3v) is 7.13. The van der Waals surface area contributed by atoms with Crippen molar-refractivity contribution in [1.82, 2.24) is 24.3 Å². The van der Waals surface area contributed by atoms with E-state index in [9.17, 15) is 0 Å². The van der Waals surface area contributed by atoms with E-state index in [2.05, 4.69) is 73.4 Å². The fraction of sp³-hybridized carbons (Fsp3) is 0.600. The Bertz CT molecular complexity index is 907. The number of hydrogen-bond acceptors (Lipinski definition) is 4. The largest absolute Gasteiger partial charge is 0.330 e. The molecule has 35 heavy (non-hydrogen) atoms. The van der Waals surface area contributed by atoms with E-state index < -0.39 is 0 Å². The van der Waals surface area contributed by atoms with Gasteiger partial charge in [-0.25, -0.2) is 4.98 Å². The van der Waals surface area contributed by atoms with Gasteiger partial charge >= 0.3 is 0 Å². The molecule has 1 atom stereocenters. The lowest BCUT2D eigenvalue weighted by Crippen LogP contribution is -2.29. The highest BCUT2D eigenvalue weighted by atomic mass is 15.2. The maximum atomic E-state index is 4.70. The summed E-state index contributed by atoms with van der Waals surface area (Å²) >= 11 is 0. The molecule has 1 aliphatic carbocycles. The summed E-state index contributed by atoms with van der Waals surface area (Å²) in [7, 11) is 6.39. The number of pyridine rings is 1. The minimum atomic E-state index is 0.357. The van der Waals surface area contributed by atoms with Gasteiger partial charge in [-0.05, 0) is 89.0 Å². The zero-order valence-corrected chi connectivity index (χ0v) is 23.3. The van der Waals surface area contributed by atoms with Gasteiger partial charge < -0.3 is 9.47 Å². The minimum absolute atomic E-state index is 0.357. The monoisotopic (exact) mass is 479 g/mol. The molecule has 0 amide bonds. The molecule has 194 valence electrons. The average Bonchev–Trinajstić information content (AvgIpc) is 3.18. The van der Waals surface area contributed by atoms with Crippen molar-refractivity contribution in [2.45, 2.75) is 78.3 Å². The van der Waals surface area contributed by atoms with Crippen LogP contribution in [-0.4, -0.2) is 51.5 Å². The van der Waals surface area contributed by atoms with Gasteiger partial charge in [0.25, 0.3) is 0 Å². The van der Waals surface area contributed by atoms with Gasteiger partial charge in [0.15, 0.2) is 0 Å². The first-order chi connectivity index (χ1) is 16.8. The molecule has 5 heteroatoms. The summed E-state index contributed by atoms with van der Waals surface area (Å²) < 4.78 is 2.10. The molecule has 3 heterocycles. The van der Waals surface area contributed by atoms with Crippen molar-refractivity contribution in [3.05, 3.63) is 60.0 Å². The molecule has 0 saturated carbocycles. The summed E-state index contributed by atoms with van der Waals surface area (Å²) in [6, 6.07) is 4.59. The van der Waals surface area contributed by atoms with Crippen molar-refractivity contribution in [1.29, 1.82) is 0 Å². The van der Waals surface area contributed by atoms with Crippen LogP contribution in [-0.2, 0) is 20.0 Å². The van der Waals surface area contributed by atoms with Crippen LogP contribution >= 0.6 is 0 Å². The summed E-state index contributed by atoms with van der Waals surface area (Å²) in [6.45, 7) is 17.8. The quantitative estimate of drug-likeness (QED) is 0.458. The highest BCUT2D eigenvalue weighted by molar-refractivity contribution is 5.58. The van der Waals surface area contributed by atoms with Crippen LogP contribution in [0.2, 0.25) is 0 Å². The van der Waals surface area contributed by atoms with Crippen molar-refractivity contribution in [3.8, 4) is 0 Å². The second kappa shape index (κ2) is 15.0. The molecular weight excluding hydrogens is 430 g/mol. The minimum Gasteiger partial charge on any atom is -0.330 e. The van der Waals surface area contributed by atoms with Crippen molar-refractivity contribution in [2.24, 2.45) is 13.0 Å². The van der Waals surface area contributed by atoms with Crippen LogP contribution < -0.4 is 0 Å². The molecule has 4 rings (SSSR count). The molecule has 1 unspecified atom stereocenters. The molecular formula is C30H49N5. The predicted molar refractivity (Wildman–Crippen MR) is 151 cm³/mol. The number of imidazole rings is 1. The maximum absolute atomic E-state index is 4.70. The Morgan fingerprint density at radius 2 is 1.80 bits per heavy atom. The Labute approximate surface area is 215 Å². The Morgan fingerprint density at radius 3 is 2.31 bits per heavy atom. The Morgan fingerprint density at radius 1 is 1.11 bits per heavy atom. The van der Waals surface area contributed by atoms with E-state index in [4.69, 9.17) is 4.98 Å². The summed E-state index contributed by atoms with van der Waals surface area (Å²) in [5.74, 6) is 1.91. The van der Waals surface area contributed by atoms with Gasteiger partial charge in [0, 0.05) is 13.2 Å². The van der Waals surface area contributed by atoms with Gasteiger partial charge in [-0.2, -0.15) is 0 Å². The highest BCUT2D eigenvalue weighted by Gasteiger charge is 2.26. The topological polar surface area (TPSA) is 37.2 Å². The van der Waals surface area contributed by atoms with Crippen LogP contribution in [0.4, 0.5) is 0 Å². The lowest BCUT2D eigenvalue weighted by atomic mass is 9.91. The standard InChI is InChI=1S/C19H24N4.C6H13N.C5H12/c1-5-15-16(6-2)23(4)18(21-15)13-22(3)17-11-7-9-14-10-8-12-20-19(14)17;1-7-5-3-2-4-6-7;1-4-5(2)3/h5-6,8,10,12,17H,1-2,7,9,11,13H2,3-4H3;2-6H2,1H3;5H,4H2,1-3H3. The molecule has 0 radical (unpaired) electrons. The fourth-order valence-corrected chi connectivity index (χ4v) is 4.51. The third kappa shape index (κ3) is 8.73. The zero-order chi connectivity index (χ0) is 25.8. The van der Waals surface area contributed by atoms with E-state index >= 15 is 0 Å². The van der Waals surface area contributed by atoms with Crippen molar-refractivity contribution in [3.63, 3.8) is 0 Å². The smallest absolute Gasteiger partial charge is 0.123 e. The van der Waals surface area contributed by atoms with E-state index in [-0.39, 0.29) is 0 Å². The van der Waals surface area contributed by atoms with Crippen molar-refractivity contribution >= 4 is 12.2 Å². The first kappa shape index (κ1) is 29.0. The molecule has 0 N–H and O–H groups in total. The molecule has 2 aromatic heterocycles. The van der Waals surface area contributed by atoms with Crippen LogP contribution in [0.5, 0.6) is 0 Å². The molecule has 1 fully saturated rings. The van der Waals surface area contributed by atoms with Gasteiger partial charge in [0.05, 0.1) is 29.7 Å². The first-order valence-electron chi connectivity index (χ1n) is 13.4. The van der Waals surface area contributed by atoms with E-state index in [1.54, 1.807) is 6.08 Å². The zero-order valence-electron chi connectivity index (χ0n) is 23.3. The van der Waals surface area contributed by atoms with Gasteiger partial charge in [-0.1, -0.05) is 52.8 Å². The molecule has 5 nitrogen and oxygen atoms in total. The van der Waals surface area contributed by atoms with Gasteiger partial charge in [0.2, 0.25) is 0 Å². The molecule has 1 saturated heterocycles. The lowest BCUT2D eigenvalue weighted by Gasteiger charge is -2.32. The van der Waals surface area contributed by atoms with E-state index in [1.807, 2.05) is 25.4 Å². The second-order valence-electron chi connectivity index (χ2n) is 10.3. The third-order valence-electron chi connectivity index (χ3n) is 7.13. The Balaban J connectivity index is 0.000000296. The number of fused-ring (bicyclic) bond motifs is 1. The number of aryl methyl sites for hydroxylation is 1. The Hall–Kier alpha value is -2.24. The van der Waals surface area contributed by atoms with Crippen molar-refractivity contribution in [2.75, 3.05) is 27.2 Å². The molecule has 2 aromatic rings. The van der Waals surface area contributed by atoms with E-state index in [0.717, 1.165) is 42.5 Å². The highest BCUT2D eigenvalue weighted by Crippen LogP contribution is 2.32. The normalized spacial score (nSPS) is 17.7. The van der Waals surface area contributed by atoms with Crippen LogP contribution in [0.1, 0.15) is 93.8 Å². The van der Waals surface area contributed by atoms with Crippen LogP contribution in [0.3, 0.4) is 0 Å². The number of rotatable bonds is 6. The van der Waals surface area contributed by atoms with Gasteiger partial charge in [-0.3, -0.25) is 9.88 Å². The van der Waals surface area contributed by atoms with Crippen molar-refractivity contribution < 1.29 is 0 Å². The van der Waals surface area contributed by atoms with E-state index in [0.29, 0.717) is 6.04 Å². The number of hydrogen-bond donors (Lipinski definition) is 0. The van der Waals surface area contributed by atoms with Gasteiger partial charge in [0.1, 0.15) is 5.82 Å². The first-order valence-corrected chi connectivity index (χ1v) is 13.4. The summed E-state index contributed by atoms with van der Waals surface area (Å²) in [4.78, 5) is 14.1. The van der Waals surface area contributed by atoms with Crippen LogP contribution in [0.25, 0.3) is 12.2 Å². The number of likely N-dealkylation sites (tertiary alicyclic amines) is 1. The van der Waals surface area contributed by atoms with E-state index in [1.165, 1.54) is 56.5 Å². The summed E-state index contributed by atoms with van der Waals surface area (Å²) in [5, 5.41) is 0. The predicted octanol–water partition coefficient (Wildman–Crippen LogP) is 6.77. The summed E-state index contributed by atoms with van der Waals surface area (Å²) in [5.41, 5.74) is 4.52. The molecule has 1 aliphatic heterocycles. The van der Waals surface area contributed by atoms with Crippen LogP contribution in [0, 0.1) is 5.92 Å². The average molecular weight is 480 g/mol. The maximum Gasteiger partial charge on any atom is 0.123 e. The molecule has 2 aliphatic rings. The summed E-state index contributed by atoms with van der Waals surface area (Å²) in [6.07, 6.45) is 14.6. The number of aromatic nitrogens is 3. The number of piperidine rings is 1. The molecule has 0 bridgehead atoms. The van der Waals surface area contributed by atoms with Crippen LogP contribution in [0.15, 0.2) is 31.5 Å². The second-order valence-corrected chi connectivity index (χ2v) is 10.3. The molecule has 0 spiro atoms.